The summed E-state index contributed by atoms with van der Waals surface area (Å²) in [7, 11) is 0. The van der Waals surface area contributed by atoms with Crippen molar-refractivity contribution in [2.75, 3.05) is 11.5 Å². The molecule has 5 fully saturated rings. The van der Waals surface area contributed by atoms with Gasteiger partial charge in [0.25, 0.3) is 11.8 Å². The Bertz CT molecular complexity index is 1360. The number of amides is 4. The molecule has 4 saturated carbocycles. The normalized spacial score (nSPS) is 28.4. The lowest BCUT2D eigenvalue weighted by atomic mass is 9.48. The van der Waals surface area contributed by atoms with Crippen LogP contribution in [0.25, 0.3) is 6.08 Å². The molecule has 4 amide bonds. The van der Waals surface area contributed by atoms with Crippen molar-refractivity contribution in [1.82, 2.24) is 5.32 Å². The summed E-state index contributed by atoms with van der Waals surface area (Å²) < 4.78 is 11.5. The molecule has 210 valence electrons. The predicted molar refractivity (Wildman–Crippen MR) is 154 cm³/mol. The van der Waals surface area contributed by atoms with Crippen molar-refractivity contribution in [3.8, 4) is 11.5 Å². The van der Waals surface area contributed by atoms with E-state index in [9.17, 15) is 14.4 Å². The average Bonchev–Trinajstić information content (AvgIpc) is 2.88. The Hall–Kier alpha value is -3.32. The molecule has 0 spiro atoms. The smallest absolute Gasteiger partial charge is 0.335 e. The number of nitrogens with one attached hydrogen (secondary N) is 1. The highest BCUT2D eigenvalue weighted by Crippen LogP contribution is 2.60. The second kappa shape index (κ2) is 10.3. The number of rotatable bonds is 7. The van der Waals surface area contributed by atoms with E-state index in [1.54, 1.807) is 12.1 Å². The van der Waals surface area contributed by atoms with Gasteiger partial charge in [0.05, 0.1) is 23.4 Å². The van der Waals surface area contributed by atoms with Gasteiger partial charge in [-0.05, 0) is 124 Å². The molecule has 0 aromatic heterocycles. The summed E-state index contributed by atoms with van der Waals surface area (Å²) in [5, 5.41) is 2.61. The van der Waals surface area contributed by atoms with E-state index in [0.29, 0.717) is 34.4 Å². The van der Waals surface area contributed by atoms with Gasteiger partial charge in [-0.25, -0.2) is 9.69 Å². The zero-order valence-corrected chi connectivity index (χ0v) is 23.9. The first kappa shape index (κ1) is 26.9. The number of nitrogens with zero attached hydrogens (tertiary/aromatic N) is 1. The van der Waals surface area contributed by atoms with Crippen LogP contribution >= 0.6 is 11.6 Å². The first-order valence-corrected chi connectivity index (χ1v) is 14.7. The fourth-order valence-corrected chi connectivity index (χ4v) is 8.03. The Labute approximate surface area is 239 Å². The van der Waals surface area contributed by atoms with E-state index >= 15 is 0 Å². The molecule has 4 aliphatic carbocycles. The first-order chi connectivity index (χ1) is 19.2. The number of ether oxygens (including phenoxy) is 2. The summed E-state index contributed by atoms with van der Waals surface area (Å²) in [5.74, 6) is 1.83. The molecular weight excluding hydrogens is 528 g/mol. The number of halogens is 1. The molecule has 1 N–H and O–H groups in total. The minimum Gasteiger partial charge on any atom is -0.490 e. The Kier molecular flexibility index (Phi) is 6.89. The van der Waals surface area contributed by atoms with Crippen LogP contribution in [0.3, 0.4) is 0 Å². The van der Waals surface area contributed by atoms with Crippen molar-refractivity contribution in [2.24, 2.45) is 17.8 Å². The molecule has 8 heteroatoms. The fourth-order valence-electron chi connectivity index (χ4n) is 7.77. The number of hydrogen-bond acceptors (Lipinski definition) is 5. The number of carbonyl (C=O) groups excluding carboxylic acids is 3. The molecule has 5 aliphatic rings. The van der Waals surface area contributed by atoms with Crippen LogP contribution in [0.5, 0.6) is 11.5 Å². The first-order valence-electron chi connectivity index (χ1n) is 14.3. The quantitative estimate of drug-likeness (QED) is 0.301. The van der Waals surface area contributed by atoms with Crippen molar-refractivity contribution < 1.29 is 23.9 Å². The molecule has 1 heterocycles. The molecule has 40 heavy (non-hydrogen) atoms. The third-order valence-electron chi connectivity index (χ3n) is 8.87. The van der Waals surface area contributed by atoms with Gasteiger partial charge in [0.15, 0.2) is 11.5 Å². The van der Waals surface area contributed by atoms with Crippen molar-refractivity contribution in [3.05, 3.63) is 58.1 Å². The average molecular weight is 563 g/mol. The number of hydrogen-bond donors (Lipinski definition) is 1. The zero-order chi connectivity index (χ0) is 28.2. The van der Waals surface area contributed by atoms with Crippen LogP contribution in [0.1, 0.15) is 70.4 Å². The van der Waals surface area contributed by atoms with E-state index in [4.69, 9.17) is 21.1 Å². The maximum Gasteiger partial charge on any atom is 0.335 e. The summed E-state index contributed by atoms with van der Waals surface area (Å²) in [5.41, 5.74) is 2.26. The molecular formula is C32H35ClN2O5. The monoisotopic (exact) mass is 562 g/mol. The van der Waals surface area contributed by atoms with Gasteiger partial charge in [0.2, 0.25) is 0 Å². The largest absolute Gasteiger partial charge is 0.490 e. The maximum atomic E-state index is 13.6. The Balaban J connectivity index is 1.29. The molecule has 2 aromatic rings. The van der Waals surface area contributed by atoms with Crippen LogP contribution in [0.4, 0.5) is 10.5 Å². The topological polar surface area (TPSA) is 84.9 Å². The Morgan fingerprint density at radius 2 is 1.65 bits per heavy atom. The molecule has 1 aliphatic heterocycles. The Morgan fingerprint density at radius 3 is 2.23 bits per heavy atom. The number of anilines is 1. The van der Waals surface area contributed by atoms with Crippen LogP contribution in [-0.4, -0.2) is 30.6 Å². The minimum absolute atomic E-state index is 0.125. The van der Waals surface area contributed by atoms with Gasteiger partial charge < -0.3 is 9.47 Å². The summed E-state index contributed by atoms with van der Waals surface area (Å²) in [4.78, 5) is 40.2. The van der Waals surface area contributed by atoms with E-state index < -0.39 is 17.8 Å². The molecule has 2 aromatic carbocycles. The molecule has 4 bridgehead atoms. The lowest BCUT2D eigenvalue weighted by Crippen LogP contribution is -2.54. The van der Waals surface area contributed by atoms with Crippen LogP contribution in [0.15, 0.2) is 42.0 Å². The molecule has 0 radical (unpaired) electrons. The van der Waals surface area contributed by atoms with Crippen LogP contribution < -0.4 is 19.7 Å². The van der Waals surface area contributed by atoms with Gasteiger partial charge in [-0.1, -0.05) is 23.7 Å². The second-order valence-corrected chi connectivity index (χ2v) is 12.5. The van der Waals surface area contributed by atoms with Crippen molar-refractivity contribution in [1.29, 1.82) is 0 Å². The number of carbonyl (C=O) groups is 3. The maximum absolute atomic E-state index is 13.6. The molecule has 1 saturated heterocycles. The van der Waals surface area contributed by atoms with Gasteiger partial charge in [0.1, 0.15) is 5.57 Å². The van der Waals surface area contributed by atoms with Crippen molar-refractivity contribution in [3.63, 3.8) is 0 Å². The number of benzene rings is 2. The molecule has 7 rings (SSSR count). The van der Waals surface area contributed by atoms with Gasteiger partial charge in [-0.3, -0.25) is 14.9 Å². The van der Waals surface area contributed by atoms with Gasteiger partial charge >= 0.3 is 6.03 Å². The minimum atomic E-state index is -0.761. The molecule has 7 nitrogen and oxygen atoms in total. The van der Waals surface area contributed by atoms with Crippen molar-refractivity contribution >= 4 is 41.2 Å². The summed E-state index contributed by atoms with van der Waals surface area (Å²) in [6, 6.07) is 10.3. The predicted octanol–water partition coefficient (Wildman–Crippen LogP) is 6.66. The lowest BCUT2D eigenvalue weighted by Gasteiger charge is -2.57. The zero-order valence-electron chi connectivity index (χ0n) is 23.2. The van der Waals surface area contributed by atoms with Crippen LogP contribution in [0.2, 0.25) is 5.02 Å². The molecule has 0 atom stereocenters. The fraction of sp³-hybridized carbons (Fsp3) is 0.469. The van der Waals surface area contributed by atoms with E-state index in [-0.39, 0.29) is 17.1 Å². The third-order valence-corrected chi connectivity index (χ3v) is 9.15. The van der Waals surface area contributed by atoms with E-state index in [1.807, 2.05) is 32.9 Å². The van der Waals surface area contributed by atoms with Crippen LogP contribution in [-0.2, 0) is 15.0 Å². The van der Waals surface area contributed by atoms with E-state index in [0.717, 1.165) is 22.7 Å². The third kappa shape index (κ3) is 4.78. The Morgan fingerprint density at radius 1 is 1.02 bits per heavy atom. The summed E-state index contributed by atoms with van der Waals surface area (Å²) in [6.07, 6.45) is 9.10. The van der Waals surface area contributed by atoms with Gasteiger partial charge in [0, 0.05) is 0 Å². The summed E-state index contributed by atoms with van der Waals surface area (Å²) in [6.45, 7) is 5.99. The van der Waals surface area contributed by atoms with E-state index in [2.05, 4.69) is 17.4 Å². The van der Waals surface area contributed by atoms with Gasteiger partial charge in [-0.2, -0.15) is 0 Å². The number of barbiturate groups is 1. The number of imide groups is 2. The highest BCUT2D eigenvalue weighted by atomic mass is 35.5. The standard InChI is InChI=1S/C32H35ClN2O5/c1-4-39-27-14-19(13-26(33)28(27)40-18(2)3)12-25-29(36)34-31(38)35(30(25)37)24-7-5-23(6-8-24)32-15-20-9-21(16-32)11-22(10-20)17-32/h5-8,12-14,18,20-22H,4,9-11,15-17H2,1-3H3,(H,34,36,38)/b25-12+. The highest BCUT2D eigenvalue weighted by molar-refractivity contribution is 6.39. The van der Waals surface area contributed by atoms with Gasteiger partial charge in [-0.15, -0.1) is 0 Å². The van der Waals surface area contributed by atoms with Crippen LogP contribution in [0, 0.1) is 17.8 Å². The highest BCUT2D eigenvalue weighted by Gasteiger charge is 2.51. The summed E-state index contributed by atoms with van der Waals surface area (Å²) >= 11 is 6.50. The SMILES string of the molecule is CCOc1cc(/C=C2\C(=O)NC(=O)N(c3ccc(C45CC6CC(CC(C6)C4)C5)cc3)C2=O)cc(Cl)c1OC(C)C. The van der Waals surface area contributed by atoms with Crippen molar-refractivity contribution in [2.45, 2.75) is 70.8 Å². The van der Waals surface area contributed by atoms with E-state index in [1.165, 1.54) is 50.2 Å². The molecule has 0 unspecified atom stereocenters. The second-order valence-electron chi connectivity index (χ2n) is 12.1. The lowest BCUT2D eigenvalue weighted by molar-refractivity contribution is -0.122. The number of urea groups is 1.